The molecule has 0 atom stereocenters. The average molecular weight is 228 g/mol. The van der Waals surface area contributed by atoms with E-state index in [1.54, 1.807) is 0 Å². The van der Waals surface area contributed by atoms with E-state index in [9.17, 15) is 0 Å². The predicted octanol–water partition coefficient (Wildman–Crippen LogP) is 3.82. The first-order valence-electron chi connectivity index (χ1n) is 5.63. The molecular formula is C18H12. The van der Waals surface area contributed by atoms with Gasteiger partial charge in [0.15, 0.2) is 0 Å². The summed E-state index contributed by atoms with van der Waals surface area (Å²) in [6.07, 6.45) is 14.8. The lowest BCUT2D eigenvalue weighted by Crippen LogP contribution is -1.78. The molecule has 84 valence electrons. The standard InChI is InChI=1S/C18H12/c1-3-15-7-5-9-17(13-15)11-12-18-10-6-8-16(4-2)14-18/h1-2,5-14H/b12-11+. The van der Waals surface area contributed by atoms with Gasteiger partial charge in [-0.1, -0.05) is 48.3 Å². The lowest BCUT2D eigenvalue weighted by Gasteiger charge is -1.97. The lowest BCUT2D eigenvalue weighted by atomic mass is 10.1. The zero-order chi connectivity index (χ0) is 12.8. The van der Waals surface area contributed by atoms with Crippen LogP contribution in [-0.2, 0) is 0 Å². The van der Waals surface area contributed by atoms with Crippen molar-refractivity contribution in [3.63, 3.8) is 0 Å². The third-order valence-corrected chi connectivity index (χ3v) is 2.57. The van der Waals surface area contributed by atoms with Crippen molar-refractivity contribution in [2.75, 3.05) is 0 Å². The molecular weight excluding hydrogens is 216 g/mol. The Bertz CT molecular complexity index is 601. The van der Waals surface area contributed by atoms with Crippen LogP contribution in [0.25, 0.3) is 12.2 Å². The van der Waals surface area contributed by atoms with Crippen molar-refractivity contribution in [1.82, 2.24) is 0 Å². The first-order chi connectivity index (χ1) is 8.81. The summed E-state index contributed by atoms with van der Waals surface area (Å²) in [5.41, 5.74) is 3.93. The molecule has 0 aliphatic heterocycles. The summed E-state index contributed by atoms with van der Waals surface area (Å²) in [5.74, 6) is 5.25. The van der Waals surface area contributed by atoms with Crippen LogP contribution in [0, 0.1) is 24.7 Å². The quantitative estimate of drug-likeness (QED) is 0.541. The molecule has 0 heterocycles. The van der Waals surface area contributed by atoms with E-state index >= 15 is 0 Å². The number of terminal acetylenes is 2. The second-order valence-corrected chi connectivity index (χ2v) is 3.87. The van der Waals surface area contributed by atoms with Crippen molar-refractivity contribution in [2.45, 2.75) is 0 Å². The Morgan fingerprint density at radius 1 is 0.722 bits per heavy atom. The second kappa shape index (κ2) is 5.58. The van der Waals surface area contributed by atoms with Crippen LogP contribution >= 0.6 is 0 Å². The molecule has 0 unspecified atom stereocenters. The van der Waals surface area contributed by atoms with E-state index in [4.69, 9.17) is 12.8 Å². The molecule has 0 aliphatic carbocycles. The molecule has 0 fully saturated rings. The van der Waals surface area contributed by atoms with E-state index in [1.165, 1.54) is 0 Å². The fourth-order valence-corrected chi connectivity index (χ4v) is 1.66. The Balaban J connectivity index is 2.25. The number of hydrogen-bond acceptors (Lipinski definition) is 0. The molecule has 18 heavy (non-hydrogen) atoms. The fraction of sp³-hybridized carbons (Fsp3) is 0. The van der Waals surface area contributed by atoms with Gasteiger partial charge in [-0.05, 0) is 35.4 Å². The molecule has 0 spiro atoms. The first kappa shape index (κ1) is 11.8. The number of rotatable bonds is 2. The van der Waals surface area contributed by atoms with E-state index < -0.39 is 0 Å². The maximum atomic E-state index is 5.37. The number of benzene rings is 2. The predicted molar refractivity (Wildman–Crippen MR) is 77.7 cm³/mol. The van der Waals surface area contributed by atoms with Gasteiger partial charge >= 0.3 is 0 Å². The molecule has 0 bridgehead atoms. The third kappa shape index (κ3) is 2.91. The van der Waals surface area contributed by atoms with Gasteiger partial charge in [0.1, 0.15) is 0 Å². The minimum absolute atomic E-state index is 0.884. The average Bonchev–Trinajstić information content (AvgIpc) is 2.45. The summed E-state index contributed by atoms with van der Waals surface area (Å²) < 4.78 is 0. The Labute approximate surface area is 108 Å². The van der Waals surface area contributed by atoms with Gasteiger partial charge in [0.05, 0.1) is 0 Å². The fourth-order valence-electron chi connectivity index (χ4n) is 1.66. The van der Waals surface area contributed by atoms with Crippen LogP contribution in [0.1, 0.15) is 22.3 Å². The van der Waals surface area contributed by atoms with Crippen LogP contribution in [0.2, 0.25) is 0 Å². The van der Waals surface area contributed by atoms with E-state index in [1.807, 2.05) is 60.7 Å². The normalized spacial score (nSPS) is 9.89. The van der Waals surface area contributed by atoms with Gasteiger partial charge in [-0.3, -0.25) is 0 Å². The highest BCUT2D eigenvalue weighted by Gasteiger charge is 1.91. The Morgan fingerprint density at radius 3 is 1.56 bits per heavy atom. The van der Waals surface area contributed by atoms with Crippen LogP contribution < -0.4 is 0 Å². The minimum Gasteiger partial charge on any atom is -0.115 e. The zero-order valence-electron chi connectivity index (χ0n) is 9.93. The van der Waals surface area contributed by atoms with Crippen molar-refractivity contribution in [1.29, 1.82) is 0 Å². The summed E-state index contributed by atoms with van der Waals surface area (Å²) in [4.78, 5) is 0. The van der Waals surface area contributed by atoms with Gasteiger partial charge < -0.3 is 0 Å². The van der Waals surface area contributed by atoms with Crippen molar-refractivity contribution in [2.24, 2.45) is 0 Å². The minimum atomic E-state index is 0.884. The Hall–Kier alpha value is -2.70. The summed E-state index contributed by atoms with van der Waals surface area (Å²) in [5, 5.41) is 0. The molecule has 2 aromatic rings. The van der Waals surface area contributed by atoms with Crippen LogP contribution in [0.15, 0.2) is 48.5 Å². The van der Waals surface area contributed by atoms with Gasteiger partial charge in [0, 0.05) is 11.1 Å². The highest BCUT2D eigenvalue weighted by Crippen LogP contribution is 2.11. The summed E-state index contributed by atoms with van der Waals surface area (Å²) in [6.45, 7) is 0. The monoisotopic (exact) mass is 228 g/mol. The molecule has 0 saturated carbocycles. The third-order valence-electron chi connectivity index (χ3n) is 2.57. The van der Waals surface area contributed by atoms with Gasteiger partial charge in [-0.25, -0.2) is 0 Å². The molecule has 2 rings (SSSR count). The van der Waals surface area contributed by atoms with E-state index in [-0.39, 0.29) is 0 Å². The first-order valence-corrected chi connectivity index (χ1v) is 5.63. The molecule has 2 aromatic carbocycles. The van der Waals surface area contributed by atoms with Gasteiger partial charge in [0.25, 0.3) is 0 Å². The largest absolute Gasteiger partial charge is 0.115 e. The lowest BCUT2D eigenvalue weighted by molar-refractivity contribution is 1.60. The van der Waals surface area contributed by atoms with E-state index in [2.05, 4.69) is 11.8 Å². The smallest absolute Gasteiger partial charge is 0.0248 e. The highest BCUT2D eigenvalue weighted by molar-refractivity contribution is 5.70. The summed E-state index contributed by atoms with van der Waals surface area (Å²) in [7, 11) is 0. The van der Waals surface area contributed by atoms with Crippen LogP contribution in [0.3, 0.4) is 0 Å². The van der Waals surface area contributed by atoms with Crippen molar-refractivity contribution in [3.8, 4) is 24.7 Å². The van der Waals surface area contributed by atoms with Gasteiger partial charge in [0.2, 0.25) is 0 Å². The molecule has 0 aliphatic rings. The zero-order valence-corrected chi connectivity index (χ0v) is 9.93. The molecule has 0 saturated heterocycles. The highest BCUT2D eigenvalue weighted by atomic mass is 14.0. The van der Waals surface area contributed by atoms with E-state index in [0.717, 1.165) is 22.3 Å². The number of hydrogen-bond donors (Lipinski definition) is 0. The molecule has 0 radical (unpaired) electrons. The van der Waals surface area contributed by atoms with Gasteiger partial charge in [-0.15, -0.1) is 12.8 Å². The molecule has 0 N–H and O–H groups in total. The van der Waals surface area contributed by atoms with Crippen molar-refractivity contribution >= 4 is 12.2 Å². The maximum Gasteiger partial charge on any atom is 0.0248 e. The van der Waals surface area contributed by atoms with Crippen LogP contribution in [0.4, 0.5) is 0 Å². The molecule has 0 nitrogen and oxygen atoms in total. The second-order valence-electron chi connectivity index (χ2n) is 3.87. The maximum absolute atomic E-state index is 5.37. The van der Waals surface area contributed by atoms with Crippen LogP contribution in [-0.4, -0.2) is 0 Å². The summed E-state index contributed by atoms with van der Waals surface area (Å²) >= 11 is 0. The molecule has 0 aromatic heterocycles. The van der Waals surface area contributed by atoms with Gasteiger partial charge in [-0.2, -0.15) is 0 Å². The molecule has 0 heteroatoms. The van der Waals surface area contributed by atoms with Crippen molar-refractivity contribution < 1.29 is 0 Å². The van der Waals surface area contributed by atoms with Crippen LogP contribution in [0.5, 0.6) is 0 Å². The Morgan fingerprint density at radius 2 is 1.17 bits per heavy atom. The van der Waals surface area contributed by atoms with Crippen molar-refractivity contribution in [3.05, 3.63) is 70.8 Å². The molecule has 0 amide bonds. The summed E-state index contributed by atoms with van der Waals surface area (Å²) in [6, 6.07) is 15.7. The van der Waals surface area contributed by atoms with E-state index in [0.29, 0.717) is 0 Å². The SMILES string of the molecule is C#Cc1cccc(/C=C/c2cccc(C#C)c2)c1. The topological polar surface area (TPSA) is 0 Å². The Kier molecular flexibility index (Phi) is 3.65.